The topological polar surface area (TPSA) is 145 Å². The third-order valence-electron chi connectivity index (χ3n) is 3.29. The van der Waals surface area contributed by atoms with Crippen LogP contribution in [-0.2, 0) is 4.74 Å². The Morgan fingerprint density at radius 2 is 2.10 bits per heavy atom. The number of aliphatic hydroxyl groups is 2. The first-order chi connectivity index (χ1) is 9.54. The molecule has 10 heteroatoms. The molecule has 1 saturated heterocycles. The van der Waals surface area contributed by atoms with Gasteiger partial charge in [0.25, 0.3) is 0 Å². The summed E-state index contributed by atoms with van der Waals surface area (Å²) in [5.74, 6) is 0.300. The summed E-state index contributed by atoms with van der Waals surface area (Å²) in [7, 11) is 0. The number of nitrogens with two attached hydrogens (primary N) is 2. The molecule has 1 aliphatic heterocycles. The van der Waals surface area contributed by atoms with Gasteiger partial charge in [-0.2, -0.15) is 5.10 Å². The van der Waals surface area contributed by atoms with Crippen molar-refractivity contribution in [3.05, 3.63) is 10.0 Å². The normalized spacial score (nSPS) is 30.2. The van der Waals surface area contributed by atoms with Crippen LogP contribution < -0.4 is 11.5 Å². The molecule has 1 aliphatic rings. The molecule has 0 aromatic carbocycles. The summed E-state index contributed by atoms with van der Waals surface area (Å²) in [6.07, 6.45) is -2.41. The fourth-order valence-electron chi connectivity index (χ4n) is 2.26. The van der Waals surface area contributed by atoms with E-state index in [0.29, 0.717) is 20.6 Å². The highest BCUT2D eigenvalue weighted by Crippen LogP contribution is 2.32. The zero-order valence-corrected chi connectivity index (χ0v) is 12.4. The van der Waals surface area contributed by atoms with Crippen molar-refractivity contribution in [2.45, 2.75) is 24.5 Å². The summed E-state index contributed by atoms with van der Waals surface area (Å²) >= 11 is 2.00. The molecule has 0 aliphatic carbocycles. The lowest BCUT2D eigenvalue weighted by Gasteiger charge is -2.15. The number of hydrogen-bond donors (Lipinski definition) is 4. The number of rotatable bonds is 2. The molecule has 0 radical (unpaired) electrons. The van der Waals surface area contributed by atoms with Crippen molar-refractivity contribution < 1.29 is 14.9 Å². The second kappa shape index (κ2) is 5.04. The molecule has 2 aromatic heterocycles. The van der Waals surface area contributed by atoms with Crippen LogP contribution in [0.5, 0.6) is 0 Å². The smallest absolute Gasteiger partial charge is 0.181 e. The molecular formula is C10H13IN6O3. The molecule has 0 bridgehead atoms. The van der Waals surface area contributed by atoms with Gasteiger partial charge in [0.05, 0.1) is 5.39 Å². The van der Waals surface area contributed by atoms with Crippen LogP contribution in [0.4, 0.5) is 5.82 Å². The molecule has 0 saturated carbocycles. The van der Waals surface area contributed by atoms with E-state index in [9.17, 15) is 10.2 Å². The van der Waals surface area contributed by atoms with E-state index in [1.54, 1.807) is 0 Å². The zero-order valence-electron chi connectivity index (χ0n) is 10.2. The van der Waals surface area contributed by atoms with E-state index in [0.717, 1.165) is 0 Å². The predicted molar refractivity (Wildman–Crippen MR) is 77.4 cm³/mol. The predicted octanol–water partition coefficient (Wildman–Crippen LogP) is -1.41. The van der Waals surface area contributed by atoms with E-state index < -0.39 is 24.5 Å². The van der Waals surface area contributed by atoms with Crippen LogP contribution in [0.15, 0.2) is 6.33 Å². The third-order valence-corrected chi connectivity index (χ3v) is 4.04. The molecule has 4 atom stereocenters. The Bertz CT molecular complexity index is 649. The van der Waals surface area contributed by atoms with Gasteiger partial charge in [0, 0.05) is 6.54 Å². The highest BCUT2D eigenvalue weighted by molar-refractivity contribution is 14.1. The van der Waals surface area contributed by atoms with Crippen LogP contribution in [0, 0.1) is 3.70 Å². The molecule has 9 nitrogen and oxygen atoms in total. The standard InChI is InChI=1S/C10H13IN6O3/c11-7-4-8(13)14-2-15-9(4)17(16-7)10-6(19)5(18)3(1-12)20-10/h2-3,5-6,10,18-19H,1,12H2,(H2,13,14,15)/t3-,5-,6-,10-/m1/s1. The van der Waals surface area contributed by atoms with Crippen molar-refractivity contribution in [1.29, 1.82) is 0 Å². The number of aliphatic hydroxyl groups excluding tert-OH is 2. The van der Waals surface area contributed by atoms with Crippen molar-refractivity contribution in [3.8, 4) is 0 Å². The minimum atomic E-state index is -1.14. The van der Waals surface area contributed by atoms with Gasteiger partial charge in [0.2, 0.25) is 0 Å². The third kappa shape index (κ3) is 1.95. The molecule has 108 valence electrons. The van der Waals surface area contributed by atoms with Crippen LogP contribution in [0.25, 0.3) is 11.0 Å². The van der Waals surface area contributed by atoms with Crippen molar-refractivity contribution in [1.82, 2.24) is 19.7 Å². The molecular weight excluding hydrogens is 379 g/mol. The van der Waals surface area contributed by atoms with Gasteiger partial charge < -0.3 is 26.4 Å². The molecule has 20 heavy (non-hydrogen) atoms. The van der Waals surface area contributed by atoms with Gasteiger partial charge in [-0.15, -0.1) is 0 Å². The Morgan fingerprint density at radius 1 is 1.35 bits per heavy atom. The number of aromatic nitrogens is 4. The molecule has 2 aromatic rings. The number of halogens is 1. The zero-order chi connectivity index (χ0) is 14.4. The number of fused-ring (bicyclic) bond motifs is 1. The van der Waals surface area contributed by atoms with Crippen LogP contribution in [0.1, 0.15) is 6.23 Å². The molecule has 3 heterocycles. The number of nitrogens with zero attached hydrogens (tertiary/aromatic N) is 4. The number of ether oxygens (including phenoxy) is 1. The average Bonchev–Trinajstić information content (AvgIpc) is 2.90. The lowest BCUT2D eigenvalue weighted by molar-refractivity contribution is -0.0395. The molecule has 6 N–H and O–H groups in total. The SMILES string of the molecule is NC[C@H]1O[C@@H](n2nc(I)c3c(N)ncnc32)[C@H](O)[C@@H]1O. The Morgan fingerprint density at radius 3 is 2.75 bits per heavy atom. The highest BCUT2D eigenvalue weighted by Gasteiger charge is 2.44. The monoisotopic (exact) mass is 392 g/mol. The van der Waals surface area contributed by atoms with E-state index in [1.807, 2.05) is 22.6 Å². The molecule has 3 rings (SSSR count). The van der Waals surface area contributed by atoms with Gasteiger partial charge in [-0.05, 0) is 22.6 Å². The van der Waals surface area contributed by atoms with E-state index in [-0.39, 0.29) is 6.54 Å². The van der Waals surface area contributed by atoms with E-state index in [4.69, 9.17) is 16.2 Å². The van der Waals surface area contributed by atoms with Crippen LogP contribution in [0.3, 0.4) is 0 Å². The van der Waals surface area contributed by atoms with E-state index in [1.165, 1.54) is 11.0 Å². The first-order valence-electron chi connectivity index (χ1n) is 5.90. The lowest BCUT2D eigenvalue weighted by Crippen LogP contribution is -2.35. The maximum absolute atomic E-state index is 10.1. The Hall–Kier alpha value is -1.08. The van der Waals surface area contributed by atoms with E-state index in [2.05, 4.69) is 15.1 Å². The molecule has 0 spiro atoms. The van der Waals surface area contributed by atoms with Crippen LogP contribution in [0.2, 0.25) is 0 Å². The molecule has 0 amide bonds. The molecule has 0 unspecified atom stereocenters. The van der Waals surface area contributed by atoms with Gasteiger partial charge >= 0.3 is 0 Å². The summed E-state index contributed by atoms with van der Waals surface area (Å²) in [6.45, 7) is 0.0993. The first-order valence-corrected chi connectivity index (χ1v) is 6.98. The number of hydrogen-bond acceptors (Lipinski definition) is 8. The van der Waals surface area contributed by atoms with Gasteiger partial charge in [0.1, 0.15) is 34.2 Å². The van der Waals surface area contributed by atoms with Gasteiger partial charge in [-0.1, -0.05) is 0 Å². The van der Waals surface area contributed by atoms with Crippen LogP contribution >= 0.6 is 22.6 Å². The minimum absolute atomic E-state index is 0.0993. The van der Waals surface area contributed by atoms with E-state index >= 15 is 0 Å². The minimum Gasteiger partial charge on any atom is -0.387 e. The number of nitrogen functional groups attached to an aromatic ring is 1. The Labute approximate surface area is 127 Å². The largest absolute Gasteiger partial charge is 0.387 e. The summed E-state index contributed by atoms with van der Waals surface area (Å²) in [6, 6.07) is 0. The maximum Gasteiger partial charge on any atom is 0.181 e. The molecule has 1 fully saturated rings. The van der Waals surface area contributed by atoms with Crippen LogP contribution in [-0.4, -0.2) is 54.8 Å². The summed E-state index contributed by atoms with van der Waals surface area (Å²) in [5, 5.41) is 24.8. The average molecular weight is 392 g/mol. The number of anilines is 1. The quantitative estimate of drug-likeness (QED) is 0.456. The summed E-state index contributed by atoms with van der Waals surface area (Å²) in [4.78, 5) is 8.03. The van der Waals surface area contributed by atoms with Crippen molar-refractivity contribution >= 4 is 39.4 Å². The summed E-state index contributed by atoms with van der Waals surface area (Å²) < 4.78 is 7.55. The van der Waals surface area contributed by atoms with Crippen molar-refractivity contribution in [2.75, 3.05) is 12.3 Å². The second-order valence-electron chi connectivity index (χ2n) is 4.47. The fraction of sp³-hybridized carbons (Fsp3) is 0.500. The Balaban J connectivity index is 2.10. The van der Waals surface area contributed by atoms with Crippen molar-refractivity contribution in [3.63, 3.8) is 0 Å². The summed E-state index contributed by atoms with van der Waals surface area (Å²) in [5.41, 5.74) is 11.7. The van der Waals surface area contributed by atoms with Gasteiger partial charge in [-0.25, -0.2) is 14.6 Å². The van der Waals surface area contributed by atoms with Gasteiger partial charge in [0.15, 0.2) is 11.9 Å². The lowest BCUT2D eigenvalue weighted by atomic mass is 10.1. The highest BCUT2D eigenvalue weighted by atomic mass is 127. The van der Waals surface area contributed by atoms with Gasteiger partial charge in [-0.3, -0.25) is 0 Å². The second-order valence-corrected chi connectivity index (χ2v) is 5.50. The fourth-order valence-corrected chi connectivity index (χ4v) is 3.01. The Kier molecular flexibility index (Phi) is 3.50. The van der Waals surface area contributed by atoms with Crippen molar-refractivity contribution in [2.24, 2.45) is 5.73 Å². The first kappa shape index (κ1) is 13.9. The maximum atomic E-state index is 10.1.